The second kappa shape index (κ2) is 11.7. The second-order valence-corrected chi connectivity index (χ2v) is 10.9. The van der Waals surface area contributed by atoms with Gasteiger partial charge in [-0.2, -0.15) is 15.0 Å². The molecule has 0 spiro atoms. The van der Waals surface area contributed by atoms with E-state index < -0.39 is 0 Å². The van der Waals surface area contributed by atoms with Crippen LogP contribution in [0.1, 0.15) is 60.5 Å². The summed E-state index contributed by atoms with van der Waals surface area (Å²) in [5, 5.41) is 15.0. The molecule has 9 heteroatoms. The number of benzene rings is 3. The third-order valence-corrected chi connectivity index (χ3v) is 7.71. The van der Waals surface area contributed by atoms with Crippen molar-refractivity contribution in [1.82, 2.24) is 9.66 Å². The van der Waals surface area contributed by atoms with Gasteiger partial charge in [-0.15, -0.1) is 0 Å². The fourth-order valence-corrected chi connectivity index (χ4v) is 5.70. The molecule has 1 saturated carbocycles. The summed E-state index contributed by atoms with van der Waals surface area (Å²) in [5.74, 6) is 1.16. The molecule has 0 radical (unpaired) electrons. The van der Waals surface area contributed by atoms with E-state index in [1.165, 1.54) is 11.1 Å². The highest BCUT2D eigenvalue weighted by atomic mass is 79.9. The first-order valence-electron chi connectivity index (χ1n) is 12.3. The standard InChI is InChI=1S/C29H23BrCl2N4O2/c30-22-10-11-26-23(14-22)29(37)36(28(35-26)19-6-2-1-3-7-19)34-16-18-12-24(31)27(25(32)13-18)38-17-21-9-5-4-8-20(21)15-33/h4-5,8-14,16,19H,1-3,6-7,17H2. The van der Waals surface area contributed by atoms with Gasteiger partial charge in [0, 0.05) is 16.0 Å². The van der Waals surface area contributed by atoms with Gasteiger partial charge in [-0.1, -0.05) is 76.6 Å². The molecule has 1 aliphatic carbocycles. The molecule has 1 aromatic heterocycles. The highest BCUT2D eigenvalue weighted by Crippen LogP contribution is 2.35. The number of ether oxygens (including phenoxy) is 1. The summed E-state index contributed by atoms with van der Waals surface area (Å²) in [4.78, 5) is 18.4. The molecule has 192 valence electrons. The molecule has 0 saturated heterocycles. The summed E-state index contributed by atoms with van der Waals surface area (Å²) in [6, 6.07) is 18.2. The number of nitriles is 1. The normalized spacial score (nSPS) is 14.2. The molecule has 0 bridgehead atoms. The topological polar surface area (TPSA) is 80.3 Å². The Hall–Kier alpha value is -3.18. The van der Waals surface area contributed by atoms with E-state index in [-0.39, 0.29) is 18.1 Å². The molecule has 1 heterocycles. The zero-order valence-corrected chi connectivity index (χ0v) is 23.4. The van der Waals surface area contributed by atoms with Crippen molar-refractivity contribution in [3.8, 4) is 11.8 Å². The van der Waals surface area contributed by atoms with Gasteiger partial charge in [0.15, 0.2) is 5.75 Å². The summed E-state index contributed by atoms with van der Waals surface area (Å²) in [6.45, 7) is 0.148. The largest absolute Gasteiger partial charge is 0.486 e. The molecule has 0 N–H and O–H groups in total. The van der Waals surface area contributed by atoms with Crippen molar-refractivity contribution in [3.05, 3.63) is 102 Å². The van der Waals surface area contributed by atoms with Gasteiger partial charge in [-0.05, 0) is 54.8 Å². The molecular weight excluding hydrogens is 587 g/mol. The van der Waals surface area contributed by atoms with E-state index in [9.17, 15) is 10.1 Å². The SMILES string of the molecule is N#Cc1ccccc1COc1c(Cl)cc(C=Nn2c(C3CCCCC3)nc3ccc(Br)cc3c2=O)cc1Cl. The van der Waals surface area contributed by atoms with E-state index in [0.717, 1.165) is 35.7 Å². The van der Waals surface area contributed by atoms with Crippen LogP contribution in [0, 0.1) is 11.3 Å². The lowest BCUT2D eigenvalue weighted by Gasteiger charge is -2.22. The third kappa shape index (κ3) is 5.63. The number of hydrogen-bond donors (Lipinski definition) is 0. The van der Waals surface area contributed by atoms with Crippen LogP contribution >= 0.6 is 39.1 Å². The molecule has 0 unspecified atom stereocenters. The first-order chi connectivity index (χ1) is 18.4. The Morgan fingerprint density at radius 3 is 2.58 bits per heavy atom. The predicted molar refractivity (Wildman–Crippen MR) is 154 cm³/mol. The van der Waals surface area contributed by atoms with Crippen molar-refractivity contribution in [2.75, 3.05) is 0 Å². The quantitative estimate of drug-likeness (QED) is 0.208. The fourth-order valence-electron chi connectivity index (χ4n) is 4.72. The predicted octanol–water partition coefficient (Wildman–Crippen LogP) is 7.85. The van der Waals surface area contributed by atoms with Crippen molar-refractivity contribution in [2.45, 2.75) is 44.6 Å². The van der Waals surface area contributed by atoms with E-state index in [4.69, 9.17) is 32.9 Å². The van der Waals surface area contributed by atoms with E-state index in [1.807, 2.05) is 24.3 Å². The van der Waals surface area contributed by atoms with Crippen LogP contribution in [0.4, 0.5) is 0 Å². The fraction of sp³-hybridized carbons (Fsp3) is 0.241. The Bertz CT molecular complexity index is 1620. The molecular formula is C29H23BrCl2N4O2. The molecule has 3 aromatic carbocycles. The molecule has 1 aliphatic rings. The first kappa shape index (κ1) is 26.4. The average Bonchev–Trinajstić information content (AvgIpc) is 2.93. The second-order valence-electron chi connectivity index (χ2n) is 9.20. The summed E-state index contributed by atoms with van der Waals surface area (Å²) in [7, 11) is 0. The number of nitrogens with zero attached hydrogens (tertiary/aromatic N) is 4. The molecule has 4 aromatic rings. The van der Waals surface area contributed by atoms with Crippen molar-refractivity contribution in [2.24, 2.45) is 5.10 Å². The van der Waals surface area contributed by atoms with Crippen LogP contribution in [0.15, 0.2) is 69.0 Å². The monoisotopic (exact) mass is 608 g/mol. The molecule has 6 nitrogen and oxygen atoms in total. The van der Waals surface area contributed by atoms with Gasteiger partial charge in [0.2, 0.25) is 0 Å². The maximum atomic E-state index is 13.5. The van der Waals surface area contributed by atoms with Crippen LogP contribution in [0.25, 0.3) is 10.9 Å². The van der Waals surface area contributed by atoms with Crippen molar-refractivity contribution >= 4 is 56.2 Å². The minimum absolute atomic E-state index is 0.148. The van der Waals surface area contributed by atoms with Crippen LogP contribution in [0.2, 0.25) is 10.0 Å². The van der Waals surface area contributed by atoms with E-state index >= 15 is 0 Å². The Labute approximate surface area is 238 Å². The molecule has 0 atom stereocenters. The van der Waals surface area contributed by atoms with Crippen LogP contribution in [0.3, 0.4) is 0 Å². The maximum Gasteiger partial charge on any atom is 0.282 e. The first-order valence-corrected chi connectivity index (χ1v) is 13.9. The van der Waals surface area contributed by atoms with Crippen LogP contribution in [-0.4, -0.2) is 15.9 Å². The Balaban J connectivity index is 1.47. The van der Waals surface area contributed by atoms with Gasteiger partial charge in [0.1, 0.15) is 12.4 Å². The minimum Gasteiger partial charge on any atom is -0.486 e. The Morgan fingerprint density at radius 1 is 1.11 bits per heavy atom. The average molecular weight is 610 g/mol. The minimum atomic E-state index is -0.221. The van der Waals surface area contributed by atoms with Crippen LogP contribution in [-0.2, 0) is 6.61 Å². The van der Waals surface area contributed by atoms with Gasteiger partial charge in [-0.3, -0.25) is 4.79 Å². The van der Waals surface area contributed by atoms with E-state index in [0.29, 0.717) is 43.6 Å². The molecule has 0 aliphatic heterocycles. The number of rotatable bonds is 6. The molecule has 0 amide bonds. The van der Waals surface area contributed by atoms with Crippen molar-refractivity contribution in [1.29, 1.82) is 5.26 Å². The highest BCUT2D eigenvalue weighted by molar-refractivity contribution is 9.10. The number of hydrogen-bond acceptors (Lipinski definition) is 5. The lowest BCUT2D eigenvalue weighted by Crippen LogP contribution is -2.25. The Kier molecular flexibility index (Phi) is 8.13. The summed E-state index contributed by atoms with van der Waals surface area (Å²) >= 11 is 16.5. The lowest BCUT2D eigenvalue weighted by molar-refractivity contribution is 0.306. The van der Waals surface area contributed by atoms with Gasteiger partial charge in [0.25, 0.3) is 5.56 Å². The highest BCUT2D eigenvalue weighted by Gasteiger charge is 2.22. The number of halogens is 3. The molecule has 5 rings (SSSR count). The van der Waals surface area contributed by atoms with E-state index in [2.05, 4.69) is 27.1 Å². The summed E-state index contributed by atoms with van der Waals surface area (Å²) in [6.07, 6.45) is 6.91. The van der Waals surface area contributed by atoms with Gasteiger partial charge in [0.05, 0.1) is 38.8 Å². The van der Waals surface area contributed by atoms with E-state index in [1.54, 1.807) is 36.5 Å². The maximum absolute atomic E-state index is 13.5. The number of aromatic nitrogens is 2. The molecule has 1 fully saturated rings. The van der Waals surface area contributed by atoms with Gasteiger partial charge < -0.3 is 4.74 Å². The zero-order valence-electron chi connectivity index (χ0n) is 20.3. The van der Waals surface area contributed by atoms with Gasteiger partial charge in [-0.25, -0.2) is 4.98 Å². The number of fused-ring (bicyclic) bond motifs is 1. The van der Waals surface area contributed by atoms with Crippen LogP contribution in [0.5, 0.6) is 5.75 Å². The summed E-state index contributed by atoms with van der Waals surface area (Å²) in [5.41, 5.74) is 2.31. The smallest absolute Gasteiger partial charge is 0.282 e. The van der Waals surface area contributed by atoms with Crippen LogP contribution < -0.4 is 10.3 Å². The lowest BCUT2D eigenvalue weighted by atomic mass is 9.88. The third-order valence-electron chi connectivity index (χ3n) is 6.66. The van der Waals surface area contributed by atoms with Crippen molar-refractivity contribution < 1.29 is 4.74 Å². The van der Waals surface area contributed by atoms with Crippen molar-refractivity contribution in [3.63, 3.8) is 0 Å². The van der Waals surface area contributed by atoms with Gasteiger partial charge >= 0.3 is 0 Å². The molecule has 38 heavy (non-hydrogen) atoms. The Morgan fingerprint density at radius 2 is 1.84 bits per heavy atom. The zero-order chi connectivity index (χ0) is 26.6. The summed E-state index contributed by atoms with van der Waals surface area (Å²) < 4.78 is 8.08.